The van der Waals surface area contributed by atoms with E-state index in [1.807, 2.05) is 6.92 Å². The topological polar surface area (TPSA) is 84.9 Å². The fraction of sp³-hybridized carbons (Fsp3) is 0.316. The third kappa shape index (κ3) is 5.13. The van der Waals surface area contributed by atoms with Crippen LogP contribution in [0.2, 0.25) is 0 Å². The third-order valence-electron chi connectivity index (χ3n) is 3.84. The molecule has 1 unspecified atom stereocenters. The highest BCUT2D eigenvalue weighted by Gasteiger charge is 2.29. The zero-order chi connectivity index (χ0) is 20.0. The lowest BCUT2D eigenvalue weighted by Gasteiger charge is -2.28. The number of ether oxygens (including phenoxy) is 2. The normalized spacial score (nSPS) is 12.1. The van der Waals surface area contributed by atoms with Gasteiger partial charge in [-0.1, -0.05) is 18.2 Å². The Hall–Kier alpha value is -2.74. The standard InChI is InChI=1S/C19H24N2O5S/c1-5-26-18-12-7-6-11-17(18)20-19(22)14(2)21(27(4,23)24)15-9-8-10-16(13-15)25-3/h6-14H,5H2,1-4H3,(H,20,22). The van der Waals surface area contributed by atoms with Gasteiger partial charge in [0.1, 0.15) is 17.5 Å². The lowest BCUT2D eigenvalue weighted by molar-refractivity contribution is -0.116. The van der Waals surface area contributed by atoms with Gasteiger partial charge in [-0.3, -0.25) is 9.10 Å². The van der Waals surface area contributed by atoms with E-state index < -0.39 is 22.0 Å². The van der Waals surface area contributed by atoms with Crippen molar-refractivity contribution in [3.8, 4) is 11.5 Å². The molecule has 27 heavy (non-hydrogen) atoms. The summed E-state index contributed by atoms with van der Waals surface area (Å²) in [6, 6.07) is 12.6. The number of carbonyl (C=O) groups excluding carboxylic acids is 1. The molecule has 0 aliphatic heterocycles. The second-order valence-electron chi connectivity index (χ2n) is 5.85. The summed E-state index contributed by atoms with van der Waals surface area (Å²) in [7, 11) is -2.22. The van der Waals surface area contributed by atoms with Crippen LogP contribution in [-0.2, 0) is 14.8 Å². The average Bonchev–Trinajstić information content (AvgIpc) is 2.62. The molecular weight excluding hydrogens is 368 g/mol. The fourth-order valence-corrected chi connectivity index (χ4v) is 3.81. The predicted molar refractivity (Wildman–Crippen MR) is 106 cm³/mol. The first-order valence-electron chi connectivity index (χ1n) is 8.44. The van der Waals surface area contributed by atoms with Crippen molar-refractivity contribution in [2.75, 3.05) is 29.6 Å². The Morgan fingerprint density at radius 2 is 1.89 bits per heavy atom. The van der Waals surface area contributed by atoms with E-state index in [1.165, 1.54) is 14.0 Å². The number of methoxy groups -OCH3 is 1. The van der Waals surface area contributed by atoms with Crippen LogP contribution in [0.1, 0.15) is 13.8 Å². The molecule has 146 valence electrons. The first-order valence-corrected chi connectivity index (χ1v) is 10.3. The molecule has 0 radical (unpaired) electrons. The lowest BCUT2D eigenvalue weighted by atomic mass is 10.2. The van der Waals surface area contributed by atoms with Crippen molar-refractivity contribution in [2.45, 2.75) is 19.9 Å². The van der Waals surface area contributed by atoms with Crippen LogP contribution < -0.4 is 19.1 Å². The Bertz CT molecular complexity index is 898. The molecule has 0 bridgehead atoms. The van der Waals surface area contributed by atoms with Crippen LogP contribution in [0.3, 0.4) is 0 Å². The first kappa shape index (κ1) is 20.6. The van der Waals surface area contributed by atoms with Gasteiger partial charge in [0.25, 0.3) is 0 Å². The van der Waals surface area contributed by atoms with Gasteiger partial charge >= 0.3 is 0 Å². The van der Waals surface area contributed by atoms with Gasteiger partial charge in [0.15, 0.2) is 0 Å². The average molecular weight is 392 g/mol. The largest absolute Gasteiger partial charge is 0.497 e. The number of hydrogen-bond acceptors (Lipinski definition) is 5. The summed E-state index contributed by atoms with van der Waals surface area (Å²) in [5.41, 5.74) is 0.827. The molecule has 7 nitrogen and oxygen atoms in total. The van der Waals surface area contributed by atoms with Crippen molar-refractivity contribution in [2.24, 2.45) is 0 Å². The van der Waals surface area contributed by atoms with E-state index in [1.54, 1.807) is 48.5 Å². The number of nitrogens with one attached hydrogen (secondary N) is 1. The van der Waals surface area contributed by atoms with Crippen molar-refractivity contribution < 1.29 is 22.7 Å². The quantitative estimate of drug-likeness (QED) is 0.747. The SMILES string of the molecule is CCOc1ccccc1NC(=O)C(C)N(c1cccc(OC)c1)S(C)(=O)=O. The lowest BCUT2D eigenvalue weighted by Crippen LogP contribution is -2.45. The van der Waals surface area contributed by atoms with Crippen LogP contribution >= 0.6 is 0 Å². The maximum Gasteiger partial charge on any atom is 0.248 e. The molecule has 2 aromatic carbocycles. The summed E-state index contributed by atoms with van der Waals surface area (Å²) >= 11 is 0. The Balaban J connectivity index is 2.33. The zero-order valence-corrected chi connectivity index (χ0v) is 16.6. The van der Waals surface area contributed by atoms with Gasteiger partial charge in [0.2, 0.25) is 15.9 Å². The van der Waals surface area contributed by atoms with Gasteiger partial charge in [-0.15, -0.1) is 0 Å². The molecular formula is C19H24N2O5S. The molecule has 1 amide bonds. The smallest absolute Gasteiger partial charge is 0.248 e. The minimum absolute atomic E-state index is 0.345. The number of anilines is 2. The number of benzene rings is 2. The maximum absolute atomic E-state index is 12.8. The Morgan fingerprint density at radius 1 is 1.19 bits per heavy atom. The minimum Gasteiger partial charge on any atom is -0.497 e. The number of hydrogen-bond donors (Lipinski definition) is 1. The van der Waals surface area contributed by atoms with E-state index in [9.17, 15) is 13.2 Å². The van der Waals surface area contributed by atoms with Crippen LogP contribution in [0, 0.1) is 0 Å². The second-order valence-corrected chi connectivity index (χ2v) is 7.71. The Labute approximate surface area is 160 Å². The summed E-state index contributed by atoms with van der Waals surface area (Å²) in [6.07, 6.45) is 1.06. The number of amides is 1. The fourth-order valence-electron chi connectivity index (χ4n) is 2.64. The number of nitrogens with zero attached hydrogens (tertiary/aromatic N) is 1. The maximum atomic E-state index is 12.8. The van der Waals surface area contributed by atoms with Crippen molar-refractivity contribution >= 4 is 27.3 Å². The summed E-state index contributed by atoms with van der Waals surface area (Å²) in [6.45, 7) is 3.82. The van der Waals surface area contributed by atoms with E-state index in [0.717, 1.165) is 10.6 Å². The highest BCUT2D eigenvalue weighted by molar-refractivity contribution is 7.92. The minimum atomic E-state index is -3.71. The van der Waals surface area contributed by atoms with Crippen molar-refractivity contribution in [1.82, 2.24) is 0 Å². The number of para-hydroxylation sites is 2. The number of rotatable bonds is 8. The van der Waals surface area contributed by atoms with E-state index in [-0.39, 0.29) is 0 Å². The highest BCUT2D eigenvalue weighted by atomic mass is 32.2. The van der Waals surface area contributed by atoms with Crippen LogP contribution in [0.4, 0.5) is 11.4 Å². The first-order chi connectivity index (χ1) is 12.8. The van der Waals surface area contributed by atoms with Crippen molar-refractivity contribution in [3.63, 3.8) is 0 Å². The monoisotopic (exact) mass is 392 g/mol. The zero-order valence-electron chi connectivity index (χ0n) is 15.8. The van der Waals surface area contributed by atoms with Gasteiger partial charge in [-0.25, -0.2) is 8.42 Å². The molecule has 2 aromatic rings. The highest BCUT2D eigenvalue weighted by Crippen LogP contribution is 2.27. The number of sulfonamides is 1. The molecule has 0 aromatic heterocycles. The molecule has 0 aliphatic carbocycles. The molecule has 1 atom stereocenters. The van der Waals surface area contributed by atoms with Gasteiger partial charge in [0, 0.05) is 6.07 Å². The summed E-state index contributed by atoms with van der Waals surface area (Å²) in [5, 5.41) is 2.74. The van der Waals surface area contributed by atoms with Gasteiger partial charge in [0.05, 0.1) is 31.3 Å². The molecule has 0 aliphatic rings. The van der Waals surface area contributed by atoms with Gasteiger partial charge < -0.3 is 14.8 Å². The van der Waals surface area contributed by atoms with E-state index in [0.29, 0.717) is 29.5 Å². The van der Waals surface area contributed by atoms with Crippen molar-refractivity contribution in [3.05, 3.63) is 48.5 Å². The molecule has 2 rings (SSSR count). The summed E-state index contributed by atoms with van der Waals surface area (Å²) in [4.78, 5) is 12.8. The van der Waals surface area contributed by atoms with E-state index in [2.05, 4.69) is 5.32 Å². The van der Waals surface area contributed by atoms with Crippen LogP contribution in [-0.4, -0.2) is 40.3 Å². The van der Waals surface area contributed by atoms with Crippen LogP contribution in [0.15, 0.2) is 48.5 Å². The summed E-state index contributed by atoms with van der Waals surface area (Å²) in [5.74, 6) is 0.540. The molecule has 8 heteroatoms. The van der Waals surface area contributed by atoms with E-state index >= 15 is 0 Å². The molecule has 0 saturated carbocycles. The Morgan fingerprint density at radius 3 is 2.52 bits per heavy atom. The van der Waals surface area contributed by atoms with Crippen LogP contribution in [0.25, 0.3) is 0 Å². The van der Waals surface area contributed by atoms with Crippen LogP contribution in [0.5, 0.6) is 11.5 Å². The van der Waals surface area contributed by atoms with Gasteiger partial charge in [-0.2, -0.15) is 0 Å². The summed E-state index contributed by atoms with van der Waals surface area (Å²) < 4.78 is 36.5. The van der Waals surface area contributed by atoms with Gasteiger partial charge in [-0.05, 0) is 38.1 Å². The van der Waals surface area contributed by atoms with Crippen molar-refractivity contribution in [1.29, 1.82) is 0 Å². The third-order valence-corrected chi connectivity index (χ3v) is 5.08. The molecule has 0 fully saturated rings. The number of carbonyl (C=O) groups is 1. The molecule has 1 N–H and O–H groups in total. The molecule has 0 heterocycles. The van der Waals surface area contributed by atoms with E-state index in [4.69, 9.17) is 9.47 Å². The molecule has 0 spiro atoms. The Kier molecular flexibility index (Phi) is 6.68. The predicted octanol–water partition coefficient (Wildman–Crippen LogP) is 2.89. The second kappa shape index (κ2) is 8.77. The molecule has 0 saturated heterocycles.